The lowest BCUT2D eigenvalue weighted by Gasteiger charge is -2.12. The maximum Gasteiger partial charge on any atom is 0.363 e. The van der Waals surface area contributed by atoms with Crippen LogP contribution in [0.3, 0.4) is 0 Å². The van der Waals surface area contributed by atoms with Crippen LogP contribution in [-0.4, -0.2) is 14.6 Å². The van der Waals surface area contributed by atoms with Gasteiger partial charge < -0.3 is 0 Å². The maximum atomic E-state index is 11.9. The van der Waals surface area contributed by atoms with Gasteiger partial charge in [0.25, 0.3) is 0 Å². The summed E-state index contributed by atoms with van der Waals surface area (Å²) in [5.41, 5.74) is 1.06. The minimum absolute atomic E-state index is 0.248. The molecule has 0 aliphatic carbocycles. The number of alkyl halides is 3. The van der Waals surface area contributed by atoms with Gasteiger partial charge >= 0.3 is 5.80 Å². The molecule has 0 bridgehead atoms. The summed E-state index contributed by atoms with van der Waals surface area (Å²) in [4.78, 5) is 0. The number of rotatable bonds is 3. The second-order valence-corrected chi connectivity index (χ2v) is 4.50. The molecule has 0 spiro atoms. The minimum atomic E-state index is -4.00. The van der Waals surface area contributed by atoms with E-state index in [-0.39, 0.29) is 6.04 Å². The van der Waals surface area contributed by atoms with Gasteiger partial charge in [-0.05, 0) is 6.04 Å². The molecular formula is C6H10F3Si. The molecular weight excluding hydrogens is 157 g/mol. The molecule has 0 N–H and O–H groups in total. The first-order chi connectivity index (χ1) is 4.52. The Balaban J connectivity index is 3.93. The van der Waals surface area contributed by atoms with E-state index in [1.54, 1.807) is 6.92 Å². The van der Waals surface area contributed by atoms with E-state index in [4.69, 9.17) is 0 Å². The van der Waals surface area contributed by atoms with Gasteiger partial charge in [-0.1, -0.05) is 19.0 Å². The minimum Gasteiger partial charge on any atom is -0.177 e. The van der Waals surface area contributed by atoms with Gasteiger partial charge in [-0.15, -0.1) is 6.58 Å². The third-order valence-electron chi connectivity index (χ3n) is 1.13. The fraction of sp³-hybridized carbons (Fsp3) is 0.667. The quantitative estimate of drug-likeness (QED) is 0.567. The molecule has 59 valence electrons. The van der Waals surface area contributed by atoms with Crippen LogP contribution in [0.4, 0.5) is 13.2 Å². The van der Waals surface area contributed by atoms with Crippen LogP contribution in [0.15, 0.2) is 12.3 Å². The zero-order valence-corrected chi connectivity index (χ0v) is 6.83. The van der Waals surface area contributed by atoms with Gasteiger partial charge in [-0.3, -0.25) is 0 Å². The molecule has 0 amide bonds. The lowest BCUT2D eigenvalue weighted by molar-refractivity contribution is -0.0505. The summed E-state index contributed by atoms with van der Waals surface area (Å²) < 4.78 is 35.6. The molecule has 1 radical (unpaired) electrons. The zero-order chi connectivity index (χ0) is 8.20. The molecule has 0 aliphatic heterocycles. The average Bonchev–Trinajstić information content (AvgIpc) is 1.80. The van der Waals surface area contributed by atoms with Crippen LogP contribution >= 0.6 is 0 Å². The largest absolute Gasteiger partial charge is 0.363 e. The molecule has 0 nitrogen and oxygen atoms in total. The van der Waals surface area contributed by atoms with Crippen molar-refractivity contribution in [2.75, 3.05) is 0 Å². The van der Waals surface area contributed by atoms with E-state index in [0.717, 1.165) is 5.70 Å². The second kappa shape index (κ2) is 3.80. The van der Waals surface area contributed by atoms with Crippen molar-refractivity contribution in [2.24, 2.45) is 0 Å². The molecule has 10 heavy (non-hydrogen) atoms. The Bertz CT molecular complexity index is 108. The maximum absolute atomic E-state index is 11.9. The Labute approximate surface area is 60.3 Å². The highest BCUT2D eigenvalue weighted by molar-refractivity contribution is 6.66. The van der Waals surface area contributed by atoms with Crippen molar-refractivity contribution in [3.05, 3.63) is 12.3 Å². The summed E-state index contributed by atoms with van der Waals surface area (Å²) in [6.07, 6.45) is 0.583. The van der Waals surface area contributed by atoms with Crippen LogP contribution in [-0.2, 0) is 0 Å². The van der Waals surface area contributed by atoms with Crippen LogP contribution < -0.4 is 0 Å². The summed E-state index contributed by atoms with van der Waals surface area (Å²) in [6, 6.07) is 0.248. The first kappa shape index (κ1) is 9.75. The molecule has 0 heterocycles. The Kier molecular flexibility index (Phi) is 3.71. The smallest absolute Gasteiger partial charge is 0.177 e. The molecule has 4 heteroatoms. The van der Waals surface area contributed by atoms with E-state index in [2.05, 4.69) is 6.58 Å². The number of hydrogen-bond acceptors (Lipinski definition) is 0. The van der Waals surface area contributed by atoms with Crippen molar-refractivity contribution >= 4 is 8.80 Å². The van der Waals surface area contributed by atoms with E-state index < -0.39 is 14.6 Å². The van der Waals surface area contributed by atoms with Crippen molar-refractivity contribution in [2.45, 2.75) is 25.2 Å². The van der Waals surface area contributed by atoms with Gasteiger partial charge in [-0.2, -0.15) is 13.2 Å². The van der Waals surface area contributed by atoms with Crippen molar-refractivity contribution in [3.8, 4) is 0 Å². The van der Waals surface area contributed by atoms with Crippen LogP contribution in [0, 0.1) is 0 Å². The predicted octanol–water partition coefficient (Wildman–Crippen LogP) is 2.72. The first-order valence-electron chi connectivity index (χ1n) is 3.07. The second-order valence-electron chi connectivity index (χ2n) is 1.98. The molecule has 0 aromatic rings. The van der Waals surface area contributed by atoms with E-state index in [0.29, 0.717) is 6.42 Å². The van der Waals surface area contributed by atoms with Gasteiger partial charge in [0.1, 0.15) is 0 Å². The van der Waals surface area contributed by atoms with Gasteiger partial charge in [0, 0.05) is 0 Å². The summed E-state index contributed by atoms with van der Waals surface area (Å²) in [7, 11) is -2.29. The van der Waals surface area contributed by atoms with Gasteiger partial charge in [0.15, 0.2) is 0 Å². The summed E-state index contributed by atoms with van der Waals surface area (Å²) in [5, 5.41) is 0. The lowest BCUT2D eigenvalue weighted by atomic mass is 10.6. The van der Waals surface area contributed by atoms with E-state index in [1.165, 1.54) is 0 Å². The van der Waals surface area contributed by atoms with Crippen LogP contribution in [0.2, 0.25) is 6.04 Å². The summed E-state index contributed by atoms with van der Waals surface area (Å²) in [6.45, 7) is 4.92. The lowest BCUT2D eigenvalue weighted by Crippen LogP contribution is -2.31. The molecule has 0 unspecified atom stereocenters. The van der Waals surface area contributed by atoms with E-state index in [9.17, 15) is 13.2 Å². The zero-order valence-electron chi connectivity index (χ0n) is 5.83. The highest BCUT2D eigenvalue weighted by Gasteiger charge is 2.38. The fourth-order valence-electron chi connectivity index (χ4n) is 0.629. The Morgan fingerprint density at radius 2 is 2.00 bits per heavy atom. The monoisotopic (exact) mass is 167 g/mol. The van der Waals surface area contributed by atoms with Gasteiger partial charge in [0.05, 0.1) is 0 Å². The SMILES string of the molecule is C=C[Si](CCC)C(F)(F)F. The van der Waals surface area contributed by atoms with Gasteiger partial charge in [0.2, 0.25) is 8.80 Å². The average molecular weight is 167 g/mol. The van der Waals surface area contributed by atoms with Crippen LogP contribution in [0.1, 0.15) is 13.3 Å². The van der Waals surface area contributed by atoms with Crippen molar-refractivity contribution in [3.63, 3.8) is 0 Å². The topological polar surface area (TPSA) is 0 Å². The van der Waals surface area contributed by atoms with Crippen molar-refractivity contribution in [1.29, 1.82) is 0 Å². The highest BCUT2D eigenvalue weighted by atomic mass is 28.3. The number of hydrogen-bond donors (Lipinski definition) is 0. The molecule has 0 aliphatic rings. The third-order valence-corrected chi connectivity index (χ3v) is 3.39. The fourth-order valence-corrected chi connectivity index (χ4v) is 1.89. The summed E-state index contributed by atoms with van der Waals surface area (Å²) >= 11 is 0. The Morgan fingerprint density at radius 3 is 2.10 bits per heavy atom. The molecule has 0 saturated carbocycles. The standard InChI is InChI=1S/C6H10F3Si/c1-3-5-10(4-2)6(7,8)9/h4H,2-3,5H2,1H3. The molecule has 0 atom stereocenters. The number of halogens is 3. The first-order valence-corrected chi connectivity index (χ1v) is 4.86. The molecule has 0 aromatic heterocycles. The molecule has 0 fully saturated rings. The van der Waals surface area contributed by atoms with Crippen LogP contribution in [0.5, 0.6) is 0 Å². The summed E-state index contributed by atoms with van der Waals surface area (Å²) in [5.74, 6) is -4.00. The van der Waals surface area contributed by atoms with E-state index >= 15 is 0 Å². The van der Waals surface area contributed by atoms with Crippen LogP contribution in [0.25, 0.3) is 0 Å². The van der Waals surface area contributed by atoms with Gasteiger partial charge in [-0.25, -0.2) is 0 Å². The third kappa shape index (κ3) is 3.05. The van der Waals surface area contributed by atoms with Crippen molar-refractivity contribution < 1.29 is 13.2 Å². The molecule has 0 aromatic carbocycles. The molecule has 0 rings (SSSR count). The molecule has 0 saturated heterocycles. The Hall–Kier alpha value is -0.253. The highest BCUT2D eigenvalue weighted by Crippen LogP contribution is 2.22. The van der Waals surface area contributed by atoms with Crippen molar-refractivity contribution in [1.82, 2.24) is 0 Å². The van der Waals surface area contributed by atoms with E-state index in [1.807, 2.05) is 0 Å². The normalized spacial score (nSPS) is 12.1. The Morgan fingerprint density at radius 1 is 1.50 bits per heavy atom. The predicted molar refractivity (Wildman–Crippen MR) is 37.1 cm³/mol.